The van der Waals surface area contributed by atoms with Gasteiger partial charge in [-0.25, -0.2) is 0 Å². The lowest BCUT2D eigenvalue weighted by molar-refractivity contribution is -0.120. The van der Waals surface area contributed by atoms with Crippen LogP contribution in [0.3, 0.4) is 0 Å². The van der Waals surface area contributed by atoms with Gasteiger partial charge in [0.2, 0.25) is 5.91 Å². The lowest BCUT2D eigenvalue weighted by Gasteiger charge is -2.32. The first-order valence-electron chi connectivity index (χ1n) is 9.99. The number of rotatable bonds is 4. The lowest BCUT2D eigenvalue weighted by atomic mass is 9.85. The zero-order valence-corrected chi connectivity index (χ0v) is 17.0. The van der Waals surface area contributed by atoms with Gasteiger partial charge in [0, 0.05) is 25.0 Å². The van der Waals surface area contributed by atoms with E-state index in [-0.39, 0.29) is 36.2 Å². The smallest absolute Gasteiger partial charge is 0.255 e. The molecule has 27 heavy (non-hydrogen) atoms. The SMILES string of the molecule is CN(C(=O)c1ccccc1NC(=O)C1CCCC(N)C1)C1CCCCC1.Cl. The molecule has 0 radical (unpaired) electrons. The van der Waals surface area contributed by atoms with Gasteiger partial charge < -0.3 is 16.0 Å². The normalized spacial score (nSPS) is 23.2. The number of nitrogens with one attached hydrogen (secondary N) is 1. The quantitative estimate of drug-likeness (QED) is 0.812. The monoisotopic (exact) mass is 393 g/mol. The number of nitrogens with two attached hydrogens (primary N) is 1. The van der Waals surface area contributed by atoms with E-state index in [0.717, 1.165) is 38.5 Å². The number of hydrogen-bond acceptors (Lipinski definition) is 3. The average Bonchev–Trinajstić information content (AvgIpc) is 2.68. The average molecular weight is 394 g/mol. The van der Waals surface area contributed by atoms with E-state index in [1.165, 1.54) is 19.3 Å². The molecule has 1 aromatic carbocycles. The van der Waals surface area contributed by atoms with E-state index < -0.39 is 0 Å². The van der Waals surface area contributed by atoms with Crippen LogP contribution in [0.5, 0.6) is 0 Å². The molecule has 2 atom stereocenters. The molecule has 0 aliphatic heterocycles. The molecule has 1 aromatic rings. The Balaban J connectivity index is 0.00000261. The summed E-state index contributed by atoms with van der Waals surface area (Å²) in [5, 5.41) is 3.00. The molecule has 6 heteroatoms. The number of carbonyl (C=O) groups excluding carboxylic acids is 2. The lowest BCUT2D eigenvalue weighted by Crippen LogP contribution is -2.39. The standard InChI is InChI=1S/C21H31N3O2.ClH/c1-24(17-10-3-2-4-11-17)21(26)18-12-5-6-13-19(18)23-20(25)15-8-7-9-16(22)14-15;/h5-6,12-13,15-17H,2-4,7-11,14,22H2,1H3,(H,23,25);1H. The highest BCUT2D eigenvalue weighted by atomic mass is 35.5. The largest absolute Gasteiger partial charge is 0.339 e. The van der Waals surface area contributed by atoms with Crippen LogP contribution in [0.4, 0.5) is 5.69 Å². The van der Waals surface area contributed by atoms with Crippen molar-refractivity contribution in [2.75, 3.05) is 12.4 Å². The van der Waals surface area contributed by atoms with Crippen LogP contribution in [0.2, 0.25) is 0 Å². The van der Waals surface area contributed by atoms with Gasteiger partial charge in [-0.15, -0.1) is 12.4 Å². The third-order valence-corrected chi connectivity index (χ3v) is 5.94. The Kier molecular flexibility index (Phi) is 8.11. The second kappa shape index (κ2) is 10.1. The molecule has 2 aliphatic carbocycles. The Hall–Kier alpha value is -1.59. The Labute approximate surface area is 168 Å². The number of para-hydroxylation sites is 1. The molecule has 150 valence electrons. The molecular formula is C21H32ClN3O2. The summed E-state index contributed by atoms with van der Waals surface area (Å²) in [5.74, 6) is -0.0770. The summed E-state index contributed by atoms with van der Waals surface area (Å²) >= 11 is 0. The Morgan fingerprint density at radius 3 is 2.44 bits per heavy atom. The van der Waals surface area contributed by atoms with Gasteiger partial charge in [0.15, 0.2) is 0 Å². The summed E-state index contributed by atoms with van der Waals surface area (Å²) in [4.78, 5) is 27.6. The molecule has 0 saturated heterocycles. The molecule has 5 nitrogen and oxygen atoms in total. The van der Waals surface area contributed by atoms with Crippen molar-refractivity contribution in [1.82, 2.24) is 4.90 Å². The van der Waals surface area contributed by atoms with Crippen LogP contribution in [0, 0.1) is 5.92 Å². The molecule has 2 unspecified atom stereocenters. The minimum atomic E-state index is -0.0574. The van der Waals surface area contributed by atoms with Gasteiger partial charge in [-0.3, -0.25) is 9.59 Å². The van der Waals surface area contributed by atoms with Crippen molar-refractivity contribution >= 4 is 29.9 Å². The second-order valence-electron chi connectivity index (χ2n) is 7.87. The van der Waals surface area contributed by atoms with E-state index in [9.17, 15) is 9.59 Å². The van der Waals surface area contributed by atoms with Crippen LogP contribution in [-0.2, 0) is 4.79 Å². The minimum Gasteiger partial charge on any atom is -0.339 e. The fourth-order valence-electron chi connectivity index (χ4n) is 4.30. The van der Waals surface area contributed by atoms with Gasteiger partial charge in [-0.2, -0.15) is 0 Å². The molecule has 2 amide bonds. The summed E-state index contributed by atoms with van der Waals surface area (Å²) < 4.78 is 0. The number of carbonyl (C=O) groups is 2. The van der Waals surface area contributed by atoms with E-state index in [1.54, 1.807) is 0 Å². The third-order valence-electron chi connectivity index (χ3n) is 5.94. The third kappa shape index (κ3) is 5.45. The predicted octanol–water partition coefficient (Wildman–Crippen LogP) is 3.97. The Bertz CT molecular complexity index is 646. The molecule has 0 aromatic heterocycles. The van der Waals surface area contributed by atoms with Crippen molar-refractivity contribution in [3.8, 4) is 0 Å². The molecular weight excluding hydrogens is 362 g/mol. The van der Waals surface area contributed by atoms with Crippen molar-refractivity contribution in [2.24, 2.45) is 11.7 Å². The van der Waals surface area contributed by atoms with Gasteiger partial charge in [0.25, 0.3) is 5.91 Å². The fourth-order valence-corrected chi connectivity index (χ4v) is 4.30. The van der Waals surface area contributed by atoms with E-state index >= 15 is 0 Å². The molecule has 3 N–H and O–H groups in total. The number of amides is 2. The van der Waals surface area contributed by atoms with Crippen LogP contribution in [0.15, 0.2) is 24.3 Å². The van der Waals surface area contributed by atoms with Crippen LogP contribution in [-0.4, -0.2) is 35.8 Å². The maximum atomic E-state index is 13.0. The van der Waals surface area contributed by atoms with Gasteiger partial charge in [0.05, 0.1) is 11.3 Å². The number of halogens is 1. The second-order valence-corrected chi connectivity index (χ2v) is 7.87. The van der Waals surface area contributed by atoms with Crippen molar-refractivity contribution in [1.29, 1.82) is 0 Å². The van der Waals surface area contributed by atoms with Crippen LogP contribution in [0.25, 0.3) is 0 Å². The van der Waals surface area contributed by atoms with Gasteiger partial charge in [0.1, 0.15) is 0 Å². The van der Waals surface area contributed by atoms with E-state index in [2.05, 4.69) is 5.32 Å². The van der Waals surface area contributed by atoms with Gasteiger partial charge in [-0.05, 0) is 44.2 Å². The zero-order valence-electron chi connectivity index (χ0n) is 16.2. The van der Waals surface area contributed by atoms with Crippen LogP contribution >= 0.6 is 12.4 Å². The molecule has 0 heterocycles. The first kappa shape index (κ1) is 21.7. The molecule has 0 bridgehead atoms. The number of benzene rings is 1. The van der Waals surface area contributed by atoms with Gasteiger partial charge >= 0.3 is 0 Å². The van der Waals surface area contributed by atoms with Gasteiger partial charge in [-0.1, -0.05) is 37.8 Å². The number of nitrogens with zero attached hydrogens (tertiary/aromatic N) is 1. The molecule has 2 aliphatic rings. The zero-order chi connectivity index (χ0) is 18.5. The highest BCUT2D eigenvalue weighted by Crippen LogP contribution is 2.27. The van der Waals surface area contributed by atoms with Crippen LogP contribution in [0.1, 0.15) is 68.1 Å². The van der Waals surface area contributed by atoms with Crippen molar-refractivity contribution in [3.63, 3.8) is 0 Å². The van der Waals surface area contributed by atoms with Crippen molar-refractivity contribution in [3.05, 3.63) is 29.8 Å². The predicted molar refractivity (Wildman–Crippen MR) is 111 cm³/mol. The summed E-state index contributed by atoms with van der Waals surface area (Å²) in [6.45, 7) is 0. The molecule has 0 spiro atoms. The topological polar surface area (TPSA) is 75.4 Å². The maximum Gasteiger partial charge on any atom is 0.255 e. The first-order valence-corrected chi connectivity index (χ1v) is 9.99. The van der Waals surface area contributed by atoms with E-state index in [1.807, 2.05) is 36.2 Å². The Morgan fingerprint density at radius 2 is 1.74 bits per heavy atom. The highest BCUT2D eigenvalue weighted by Gasteiger charge is 2.28. The van der Waals surface area contributed by atoms with Crippen LogP contribution < -0.4 is 11.1 Å². The molecule has 3 rings (SSSR count). The van der Waals surface area contributed by atoms with Crippen molar-refractivity contribution in [2.45, 2.75) is 69.9 Å². The van der Waals surface area contributed by atoms with Crippen molar-refractivity contribution < 1.29 is 9.59 Å². The fraction of sp³-hybridized carbons (Fsp3) is 0.619. The summed E-state index contributed by atoms with van der Waals surface area (Å²) in [6, 6.07) is 7.75. The number of hydrogen-bond donors (Lipinski definition) is 2. The molecule has 2 saturated carbocycles. The summed E-state index contributed by atoms with van der Waals surface area (Å²) in [6.07, 6.45) is 9.34. The number of anilines is 1. The maximum absolute atomic E-state index is 13.0. The molecule has 2 fully saturated rings. The van der Waals surface area contributed by atoms with E-state index in [0.29, 0.717) is 17.3 Å². The van der Waals surface area contributed by atoms with E-state index in [4.69, 9.17) is 5.73 Å². The summed E-state index contributed by atoms with van der Waals surface area (Å²) in [5.41, 5.74) is 7.21. The highest BCUT2D eigenvalue weighted by molar-refractivity contribution is 6.04. The first-order chi connectivity index (χ1) is 12.6. The minimum absolute atomic E-state index is 0. The Morgan fingerprint density at radius 1 is 1.04 bits per heavy atom. The summed E-state index contributed by atoms with van der Waals surface area (Å²) in [7, 11) is 1.89.